The fourth-order valence-electron chi connectivity index (χ4n) is 8.51. The zero-order chi connectivity index (χ0) is 41.1. The van der Waals surface area contributed by atoms with Crippen LogP contribution in [0.5, 0.6) is 0 Å². The van der Waals surface area contributed by atoms with Gasteiger partial charge in [0.05, 0.1) is 57.2 Å². The monoisotopic (exact) mass is 779 g/mol. The van der Waals surface area contributed by atoms with Crippen LogP contribution in [0.3, 0.4) is 0 Å². The van der Waals surface area contributed by atoms with Crippen LogP contribution >= 0.6 is 0 Å². The van der Waals surface area contributed by atoms with Crippen LogP contribution in [0.4, 0.5) is 18.9 Å². The summed E-state index contributed by atoms with van der Waals surface area (Å²) in [6.45, 7) is 7.37. The Morgan fingerprint density at radius 3 is 1.43 bits per heavy atom. The molecule has 0 aliphatic carbocycles. The third-order valence-electron chi connectivity index (χ3n) is 11.3. The second-order valence-corrected chi connectivity index (χ2v) is 14.6. The fourth-order valence-corrected chi connectivity index (χ4v) is 8.51. The zero-order valence-corrected chi connectivity index (χ0v) is 31.5. The van der Waals surface area contributed by atoms with Crippen molar-refractivity contribution < 1.29 is 13.2 Å². The Hall–Kier alpha value is -8.38. The molecule has 0 spiro atoms. The third-order valence-corrected chi connectivity index (χ3v) is 11.3. The molecule has 0 radical (unpaired) electrons. The minimum absolute atomic E-state index is 0.00762. The summed E-state index contributed by atoms with van der Waals surface area (Å²) in [4.78, 5) is 3.53. The van der Waals surface area contributed by atoms with Gasteiger partial charge in [0.2, 0.25) is 0 Å². The van der Waals surface area contributed by atoms with Gasteiger partial charge in [-0.05, 0) is 100 Å². The molecule has 0 saturated heterocycles. The van der Waals surface area contributed by atoms with E-state index < -0.39 is 11.7 Å². The highest BCUT2D eigenvalue weighted by Gasteiger charge is 2.34. The van der Waals surface area contributed by atoms with Crippen LogP contribution in [0.25, 0.3) is 93.2 Å². The van der Waals surface area contributed by atoms with Gasteiger partial charge in [0, 0.05) is 21.5 Å². The molecule has 0 N–H and O–H groups in total. The van der Waals surface area contributed by atoms with Gasteiger partial charge in [-0.25, -0.2) is 4.85 Å². The number of para-hydroxylation sites is 2. The number of nitrogens with zero attached hydrogens (tertiary/aromatic N) is 5. The minimum atomic E-state index is -4.64. The van der Waals surface area contributed by atoms with Crippen molar-refractivity contribution >= 4 is 49.3 Å². The van der Waals surface area contributed by atoms with Crippen LogP contribution < -0.4 is 0 Å². The first-order valence-corrected chi connectivity index (χ1v) is 19.1. The molecule has 0 atom stereocenters. The predicted octanol–water partition coefficient (Wildman–Crippen LogP) is 14.2. The number of alkyl halides is 3. The largest absolute Gasteiger partial charge is 0.417 e. The number of fused-ring (bicyclic) bond motifs is 6. The molecule has 0 saturated carbocycles. The average Bonchev–Trinajstić information content (AvgIpc) is 3.80. The van der Waals surface area contributed by atoms with Crippen molar-refractivity contribution in [3.63, 3.8) is 0 Å². The highest BCUT2D eigenvalue weighted by molar-refractivity contribution is 6.12. The van der Waals surface area contributed by atoms with Gasteiger partial charge in [0.15, 0.2) is 5.69 Å². The van der Waals surface area contributed by atoms with Crippen molar-refractivity contribution in [3.8, 4) is 56.9 Å². The molecule has 5 nitrogen and oxygen atoms in total. The van der Waals surface area contributed by atoms with E-state index in [-0.39, 0.29) is 11.1 Å². The summed E-state index contributed by atoms with van der Waals surface area (Å²) in [5, 5.41) is 24.3. The molecular weight excluding hydrogens is 752 g/mol. The quantitative estimate of drug-likeness (QED) is 0.163. The van der Waals surface area contributed by atoms with Crippen LogP contribution in [0.1, 0.15) is 16.7 Å². The number of rotatable bonds is 5. The Morgan fingerprint density at radius 1 is 0.467 bits per heavy atom. The maximum absolute atomic E-state index is 14.8. The minimum Gasteiger partial charge on any atom is -0.308 e. The first-order chi connectivity index (χ1) is 29.2. The highest BCUT2D eigenvalue weighted by atomic mass is 19.4. The molecule has 0 bridgehead atoms. The van der Waals surface area contributed by atoms with Crippen LogP contribution in [0.15, 0.2) is 170 Å². The van der Waals surface area contributed by atoms with E-state index in [1.165, 1.54) is 12.1 Å². The lowest BCUT2D eigenvalue weighted by atomic mass is 9.96. The van der Waals surface area contributed by atoms with Crippen molar-refractivity contribution in [2.24, 2.45) is 0 Å². The Bertz CT molecular complexity index is 3300. The molecule has 10 rings (SSSR count). The van der Waals surface area contributed by atoms with E-state index in [1.54, 1.807) is 42.5 Å². The van der Waals surface area contributed by atoms with Gasteiger partial charge in [-0.15, -0.1) is 0 Å². The van der Waals surface area contributed by atoms with Crippen molar-refractivity contribution in [2.45, 2.75) is 6.18 Å². The molecule has 0 unspecified atom stereocenters. The Labute approximate surface area is 342 Å². The maximum Gasteiger partial charge on any atom is 0.417 e. The van der Waals surface area contributed by atoms with Crippen molar-refractivity contribution in [1.29, 1.82) is 10.5 Å². The first-order valence-electron chi connectivity index (χ1n) is 19.1. The van der Waals surface area contributed by atoms with E-state index in [0.29, 0.717) is 28.2 Å². The normalized spacial score (nSPS) is 11.5. The summed E-state index contributed by atoms with van der Waals surface area (Å²) < 4.78 is 48.4. The van der Waals surface area contributed by atoms with Gasteiger partial charge in [0.1, 0.15) is 11.6 Å². The summed E-state index contributed by atoms with van der Waals surface area (Å²) in [6.07, 6.45) is -4.64. The summed E-state index contributed by atoms with van der Waals surface area (Å²) in [5.41, 5.74) is 8.58. The SMILES string of the molecule is [C-]#[N+]c1ccc(-c2ccc3c(c2)c2ccccc2n3-c2cc(-c3ccccc3C(F)(F)F)cc(-n3c4ccccc4c4cc(-c5ccc(C#N)cc5)ccc43)c2C#N)cc1. The second-order valence-electron chi connectivity index (χ2n) is 14.6. The smallest absolute Gasteiger partial charge is 0.308 e. The average molecular weight is 780 g/mol. The number of halogens is 3. The van der Waals surface area contributed by atoms with E-state index in [9.17, 15) is 23.7 Å². The molecular formula is C52H28F3N5. The second kappa shape index (κ2) is 13.9. The van der Waals surface area contributed by atoms with Crippen molar-refractivity contribution in [1.82, 2.24) is 9.13 Å². The van der Waals surface area contributed by atoms with Crippen LogP contribution in [-0.2, 0) is 6.18 Å². The van der Waals surface area contributed by atoms with Gasteiger partial charge in [-0.3, -0.25) is 0 Å². The van der Waals surface area contributed by atoms with E-state index in [2.05, 4.69) is 29.1 Å². The van der Waals surface area contributed by atoms with Crippen molar-refractivity contribution in [2.75, 3.05) is 0 Å². The van der Waals surface area contributed by atoms with Gasteiger partial charge in [-0.1, -0.05) is 103 Å². The third kappa shape index (κ3) is 5.77. The van der Waals surface area contributed by atoms with Gasteiger partial charge >= 0.3 is 6.18 Å². The van der Waals surface area contributed by atoms with Crippen LogP contribution in [0.2, 0.25) is 0 Å². The van der Waals surface area contributed by atoms with E-state index in [1.807, 2.05) is 106 Å². The molecule has 8 heteroatoms. The topological polar surface area (TPSA) is 61.8 Å². The molecule has 60 heavy (non-hydrogen) atoms. The molecule has 0 amide bonds. The van der Waals surface area contributed by atoms with E-state index in [0.717, 1.165) is 71.9 Å². The van der Waals surface area contributed by atoms with Crippen LogP contribution in [0, 0.1) is 29.2 Å². The van der Waals surface area contributed by atoms with E-state index >= 15 is 0 Å². The lowest BCUT2D eigenvalue weighted by Gasteiger charge is -2.20. The molecule has 10 aromatic rings. The standard InChI is InChI=1S/C52H28F3N5/c1-58-38-22-18-34(19-23-38)36-21-25-49-43(27-36)41-10-4-7-13-47(41)60(49)51-29-37(39-8-2-5-11-45(39)52(53,54)55)28-50(44(51)31-57)59-46-12-6-3-9-40(46)42-26-35(20-24-48(42)59)33-16-14-32(30-56)15-17-33/h2-29H. The van der Waals surface area contributed by atoms with Gasteiger partial charge < -0.3 is 9.13 Å². The number of hydrogen-bond acceptors (Lipinski definition) is 2. The summed E-state index contributed by atoms with van der Waals surface area (Å²) >= 11 is 0. The summed E-state index contributed by atoms with van der Waals surface area (Å²) in [7, 11) is 0. The Morgan fingerprint density at radius 2 is 0.933 bits per heavy atom. The highest BCUT2D eigenvalue weighted by Crippen LogP contribution is 2.44. The molecule has 282 valence electrons. The van der Waals surface area contributed by atoms with Crippen molar-refractivity contribution in [3.05, 3.63) is 198 Å². The lowest BCUT2D eigenvalue weighted by molar-refractivity contribution is -0.137. The molecule has 0 aliphatic heterocycles. The van der Waals surface area contributed by atoms with E-state index in [4.69, 9.17) is 6.57 Å². The number of aromatic nitrogens is 2. The first kappa shape index (κ1) is 36.0. The molecule has 0 aliphatic rings. The summed E-state index contributed by atoms with van der Waals surface area (Å²) in [5.74, 6) is 0. The zero-order valence-electron chi connectivity index (χ0n) is 31.5. The van der Waals surface area contributed by atoms with Crippen LogP contribution in [-0.4, -0.2) is 9.13 Å². The number of nitriles is 2. The van der Waals surface area contributed by atoms with Gasteiger partial charge in [-0.2, -0.15) is 23.7 Å². The number of benzene rings is 8. The fraction of sp³-hybridized carbons (Fsp3) is 0.0192. The maximum atomic E-state index is 14.8. The number of hydrogen-bond donors (Lipinski definition) is 0. The lowest BCUT2D eigenvalue weighted by Crippen LogP contribution is -2.09. The molecule has 2 aromatic heterocycles. The molecule has 8 aromatic carbocycles. The predicted molar refractivity (Wildman–Crippen MR) is 232 cm³/mol. The Kier molecular flexibility index (Phi) is 8.35. The molecule has 2 heterocycles. The van der Waals surface area contributed by atoms with Gasteiger partial charge in [0.25, 0.3) is 0 Å². The Balaban J connectivity index is 1.29. The summed E-state index contributed by atoms with van der Waals surface area (Å²) in [6, 6.07) is 56.1. The molecule has 0 fully saturated rings.